The molecule has 0 bridgehead atoms. The van der Waals surface area contributed by atoms with Gasteiger partial charge in [0.25, 0.3) is 0 Å². The normalized spacial score (nSPS) is 8.89. The molecule has 0 saturated heterocycles. The van der Waals surface area contributed by atoms with Crippen LogP contribution in [0.3, 0.4) is 0 Å². The van der Waals surface area contributed by atoms with Crippen molar-refractivity contribution in [1.29, 1.82) is 0 Å². The quantitative estimate of drug-likeness (QED) is 0.534. The highest BCUT2D eigenvalue weighted by molar-refractivity contribution is 9.25. The minimum Gasteiger partial charge on any atom is -0.224 e. The molecule has 0 radical (unpaired) electrons. The van der Waals surface area contributed by atoms with Gasteiger partial charge < -0.3 is 0 Å². The average molecular weight is 222 g/mol. The van der Waals surface area contributed by atoms with E-state index in [0.29, 0.717) is 30.7 Å². The van der Waals surface area contributed by atoms with E-state index in [1.807, 2.05) is 0 Å². The molecule has 0 heterocycles. The zero-order valence-corrected chi connectivity index (χ0v) is 7.99. The average Bonchev–Trinajstić information content (AvgIpc) is 1.63. The van der Waals surface area contributed by atoms with E-state index in [1.54, 1.807) is 0 Å². The van der Waals surface area contributed by atoms with E-state index in [9.17, 15) is 18.3 Å². The minimum absolute atomic E-state index is 0.509. The SMILES string of the molecule is O=P(=O)SSSP(=O)=O. The molecular formula is O4P2S3. The topological polar surface area (TPSA) is 68.3 Å². The van der Waals surface area contributed by atoms with Gasteiger partial charge in [0, 0.05) is 9.83 Å². The molecule has 0 aliphatic rings. The van der Waals surface area contributed by atoms with Crippen LogP contribution in [0.25, 0.3) is 0 Å². The van der Waals surface area contributed by atoms with Crippen LogP contribution in [0.15, 0.2) is 0 Å². The molecule has 0 aromatic rings. The largest absolute Gasteiger partial charge is 0.390 e. The molecule has 0 saturated carbocycles. The van der Waals surface area contributed by atoms with Gasteiger partial charge in [0.1, 0.15) is 0 Å². The maximum Gasteiger partial charge on any atom is 0.390 e. The summed E-state index contributed by atoms with van der Waals surface area (Å²) in [7, 11) is 1.73. The summed E-state index contributed by atoms with van der Waals surface area (Å²) in [6.07, 6.45) is 0. The third kappa shape index (κ3) is 8.85. The van der Waals surface area contributed by atoms with Crippen molar-refractivity contribution >= 4 is 44.4 Å². The van der Waals surface area contributed by atoms with E-state index in [-0.39, 0.29) is 0 Å². The van der Waals surface area contributed by atoms with Crippen LogP contribution in [0.5, 0.6) is 0 Å². The molecule has 0 atom stereocenters. The van der Waals surface area contributed by atoms with Crippen molar-refractivity contribution in [2.75, 3.05) is 0 Å². The van der Waals surface area contributed by atoms with Crippen LogP contribution < -0.4 is 0 Å². The molecule has 0 aliphatic carbocycles. The summed E-state index contributed by atoms with van der Waals surface area (Å²) in [6, 6.07) is 0. The fourth-order valence-electron chi connectivity index (χ4n) is 0.0633. The summed E-state index contributed by atoms with van der Waals surface area (Å²) in [5.74, 6) is 0. The van der Waals surface area contributed by atoms with E-state index in [4.69, 9.17) is 0 Å². The van der Waals surface area contributed by atoms with Crippen LogP contribution in [-0.2, 0) is 18.3 Å². The first-order valence-corrected chi connectivity index (χ1v) is 8.48. The Kier molecular flexibility index (Phi) is 6.15. The van der Waals surface area contributed by atoms with Crippen molar-refractivity contribution in [2.45, 2.75) is 0 Å². The zero-order chi connectivity index (χ0) is 7.28. The molecule has 52 valence electrons. The predicted octanol–water partition coefficient (Wildman–Crippen LogP) is 3.19. The first-order valence-electron chi connectivity index (χ1n) is 1.43. The summed E-state index contributed by atoms with van der Waals surface area (Å²) in [5, 5.41) is 0. The van der Waals surface area contributed by atoms with Crippen LogP contribution >= 0.6 is 44.4 Å². The maximum absolute atomic E-state index is 9.75. The van der Waals surface area contributed by atoms with Gasteiger partial charge in [-0.2, -0.15) is 0 Å². The first-order chi connectivity index (χ1) is 4.13. The second kappa shape index (κ2) is 5.62. The maximum atomic E-state index is 9.75. The van der Waals surface area contributed by atoms with Gasteiger partial charge in [0.2, 0.25) is 0 Å². The summed E-state index contributed by atoms with van der Waals surface area (Å²) < 4.78 is 39.0. The fourth-order valence-corrected chi connectivity index (χ4v) is 7.33. The molecule has 0 rings (SSSR count). The van der Waals surface area contributed by atoms with E-state index >= 15 is 0 Å². The molecule has 0 N–H and O–H groups in total. The smallest absolute Gasteiger partial charge is 0.224 e. The first kappa shape index (κ1) is 9.85. The predicted molar refractivity (Wildman–Crippen MR) is 39.4 cm³/mol. The monoisotopic (exact) mass is 222 g/mol. The third-order valence-electron chi connectivity index (χ3n) is 0.183. The lowest BCUT2D eigenvalue weighted by Gasteiger charge is -1.75. The van der Waals surface area contributed by atoms with Gasteiger partial charge in [0.05, 0.1) is 20.8 Å². The van der Waals surface area contributed by atoms with E-state index in [0.717, 1.165) is 0 Å². The Balaban J connectivity index is 3.31. The van der Waals surface area contributed by atoms with Gasteiger partial charge in [0.15, 0.2) is 0 Å². The number of hydrogen-bond donors (Lipinski definition) is 0. The van der Waals surface area contributed by atoms with Crippen LogP contribution in [0.4, 0.5) is 0 Å². The Labute approximate surface area is 62.9 Å². The highest BCUT2D eigenvalue weighted by Crippen LogP contribution is 2.51. The van der Waals surface area contributed by atoms with Crippen molar-refractivity contribution in [3.05, 3.63) is 0 Å². The molecular weight excluding hydrogens is 222 g/mol. The van der Waals surface area contributed by atoms with E-state index in [1.165, 1.54) is 0 Å². The Morgan fingerprint density at radius 1 is 0.778 bits per heavy atom. The zero-order valence-electron chi connectivity index (χ0n) is 3.75. The van der Waals surface area contributed by atoms with Crippen molar-refractivity contribution < 1.29 is 18.3 Å². The molecule has 0 aromatic heterocycles. The van der Waals surface area contributed by atoms with Gasteiger partial charge in [-0.1, -0.05) is 0 Å². The summed E-state index contributed by atoms with van der Waals surface area (Å²) in [4.78, 5) is 0. The van der Waals surface area contributed by atoms with Gasteiger partial charge in [-0.25, -0.2) is 18.3 Å². The molecule has 0 unspecified atom stereocenters. The highest BCUT2D eigenvalue weighted by atomic mass is 33.7. The number of hydrogen-bond acceptors (Lipinski definition) is 7. The second-order valence-corrected chi connectivity index (χ2v) is 8.99. The van der Waals surface area contributed by atoms with Crippen molar-refractivity contribution in [3.63, 3.8) is 0 Å². The highest BCUT2D eigenvalue weighted by Gasteiger charge is 1.97. The van der Waals surface area contributed by atoms with Gasteiger partial charge >= 0.3 is 13.8 Å². The van der Waals surface area contributed by atoms with Crippen molar-refractivity contribution in [3.8, 4) is 0 Å². The Morgan fingerprint density at radius 3 is 1.33 bits per heavy atom. The van der Waals surface area contributed by atoms with Crippen LogP contribution in [0, 0.1) is 0 Å². The lowest BCUT2D eigenvalue weighted by molar-refractivity contribution is 0.526. The molecule has 0 aromatic carbocycles. The minimum atomic E-state index is -2.54. The van der Waals surface area contributed by atoms with Crippen molar-refractivity contribution in [2.24, 2.45) is 0 Å². The van der Waals surface area contributed by atoms with Gasteiger partial charge in [-0.15, -0.1) is 0 Å². The van der Waals surface area contributed by atoms with E-state index < -0.39 is 13.8 Å². The molecule has 0 amide bonds. The Hall–Kier alpha value is 0.850. The lowest BCUT2D eigenvalue weighted by atomic mass is 15.9. The summed E-state index contributed by atoms with van der Waals surface area (Å²) in [6.45, 7) is -5.08. The third-order valence-corrected chi connectivity index (χ3v) is 8.22. The Bertz CT molecular complexity index is 164. The van der Waals surface area contributed by atoms with Gasteiger partial charge in [-0.05, 0) is 0 Å². The molecule has 9 heteroatoms. The number of rotatable bonds is 4. The molecule has 0 aliphatic heterocycles. The molecule has 9 heavy (non-hydrogen) atoms. The fraction of sp³-hybridized carbons (Fsp3) is 0. The Morgan fingerprint density at radius 2 is 1.11 bits per heavy atom. The molecule has 0 fully saturated rings. The van der Waals surface area contributed by atoms with Crippen LogP contribution in [-0.4, -0.2) is 0 Å². The molecule has 0 spiro atoms. The summed E-state index contributed by atoms with van der Waals surface area (Å²) in [5.41, 5.74) is 0. The van der Waals surface area contributed by atoms with E-state index in [2.05, 4.69) is 0 Å². The second-order valence-electron chi connectivity index (χ2n) is 0.664. The van der Waals surface area contributed by atoms with Crippen LogP contribution in [0.1, 0.15) is 0 Å². The van der Waals surface area contributed by atoms with Crippen molar-refractivity contribution in [1.82, 2.24) is 0 Å². The summed E-state index contributed by atoms with van der Waals surface area (Å²) >= 11 is 0. The van der Waals surface area contributed by atoms with Gasteiger partial charge in [-0.3, -0.25) is 0 Å². The van der Waals surface area contributed by atoms with Crippen LogP contribution in [0.2, 0.25) is 0 Å². The molecule has 4 nitrogen and oxygen atoms in total. The lowest BCUT2D eigenvalue weighted by Crippen LogP contribution is -1.24. The standard InChI is InChI=1S/O4P2S3/c1-5(2)7-9-8-6(3)4.